The first-order chi connectivity index (χ1) is 6.12. The van der Waals surface area contributed by atoms with Crippen LogP contribution in [-0.2, 0) is 0 Å². The van der Waals surface area contributed by atoms with Crippen LogP contribution in [-0.4, -0.2) is 18.2 Å². The molecular weight excluding hydrogens is 184 g/mol. The molecule has 0 saturated carbocycles. The van der Waals surface area contributed by atoms with Crippen LogP contribution < -0.4 is 0 Å². The van der Waals surface area contributed by atoms with Crippen LogP contribution in [0.3, 0.4) is 0 Å². The fourth-order valence-electron chi connectivity index (χ4n) is 0.626. The maximum Gasteiger partial charge on any atom is 0.386 e. The van der Waals surface area contributed by atoms with E-state index in [1.54, 1.807) is 0 Å². The highest BCUT2D eigenvalue weighted by Gasteiger charge is 2.20. The van der Waals surface area contributed by atoms with Gasteiger partial charge in [-0.25, -0.2) is 0 Å². The summed E-state index contributed by atoms with van der Waals surface area (Å²) in [4.78, 5) is 18.5. The van der Waals surface area contributed by atoms with Gasteiger partial charge in [0, 0.05) is 0 Å². The maximum absolute atomic E-state index is 9.27. The van der Waals surface area contributed by atoms with Crippen molar-refractivity contribution in [2.45, 2.75) is 12.8 Å². The van der Waals surface area contributed by atoms with Crippen molar-refractivity contribution in [2.75, 3.05) is 0 Å². The van der Waals surface area contributed by atoms with Gasteiger partial charge in [-0.15, -0.1) is 0 Å². The summed E-state index contributed by atoms with van der Waals surface area (Å²) < 4.78 is 0. The average molecular weight is 194 g/mol. The molecule has 68 valence electrons. The Labute approximate surface area is 77.9 Å². The summed E-state index contributed by atoms with van der Waals surface area (Å²) in [5, 5.41) is 16.3. The molecular formula is C8H10N2O2Si. The Bertz CT molecular complexity index is 255. The lowest BCUT2D eigenvalue weighted by Gasteiger charge is -2.05. The maximum atomic E-state index is 9.27. The first kappa shape index (κ1) is 11.6. The van der Waals surface area contributed by atoms with Crippen LogP contribution in [0.15, 0.2) is 23.6 Å². The van der Waals surface area contributed by atoms with Gasteiger partial charge in [-0.2, -0.15) is 10.5 Å². The number of nitriles is 2. The van der Waals surface area contributed by atoms with Gasteiger partial charge >= 0.3 is 8.56 Å². The Morgan fingerprint density at radius 2 is 1.38 bits per heavy atom. The standard InChI is InChI=1S/C8H10N2O2Si/c9-5-1-3-7-13(11,12)8-4-2-6-10/h3-4,7-8,11-12H,1-2H2. The molecule has 0 atom stereocenters. The summed E-state index contributed by atoms with van der Waals surface area (Å²) >= 11 is 0. The molecule has 0 aromatic carbocycles. The van der Waals surface area contributed by atoms with Crippen molar-refractivity contribution in [3.05, 3.63) is 23.6 Å². The van der Waals surface area contributed by atoms with E-state index in [9.17, 15) is 9.59 Å². The van der Waals surface area contributed by atoms with Gasteiger partial charge in [-0.05, 0) is 11.4 Å². The summed E-state index contributed by atoms with van der Waals surface area (Å²) in [5.74, 6) is 0. The molecule has 0 rings (SSSR count). The highest BCUT2D eigenvalue weighted by atomic mass is 28.4. The molecule has 4 nitrogen and oxygen atoms in total. The quantitative estimate of drug-likeness (QED) is 0.635. The molecule has 0 spiro atoms. The first-order valence-electron chi connectivity index (χ1n) is 3.66. The molecule has 2 N–H and O–H groups in total. The molecule has 0 unspecified atom stereocenters. The Kier molecular flexibility index (Phi) is 5.49. The minimum Gasteiger partial charge on any atom is -0.405 e. The van der Waals surface area contributed by atoms with Crippen LogP contribution in [0.5, 0.6) is 0 Å². The van der Waals surface area contributed by atoms with Gasteiger partial charge < -0.3 is 9.59 Å². The second-order valence-electron chi connectivity index (χ2n) is 2.31. The highest BCUT2D eigenvalue weighted by Crippen LogP contribution is 1.99. The smallest absolute Gasteiger partial charge is 0.386 e. The molecule has 13 heavy (non-hydrogen) atoms. The van der Waals surface area contributed by atoms with Gasteiger partial charge in [0.15, 0.2) is 0 Å². The van der Waals surface area contributed by atoms with Gasteiger partial charge in [-0.1, -0.05) is 12.2 Å². The number of nitrogens with zero attached hydrogens (tertiary/aromatic N) is 2. The highest BCUT2D eigenvalue weighted by molar-refractivity contribution is 6.75. The zero-order chi connectivity index (χ0) is 10.2. The minimum absolute atomic E-state index is 0.155. The summed E-state index contributed by atoms with van der Waals surface area (Å²) in [5.41, 5.74) is 2.45. The SMILES string of the molecule is N#CCC=C[Si](O)(O)C=CCC#N. The second kappa shape index (κ2) is 6.15. The van der Waals surface area contributed by atoms with Crippen LogP contribution in [0, 0.1) is 22.7 Å². The van der Waals surface area contributed by atoms with Crippen molar-refractivity contribution >= 4 is 8.56 Å². The summed E-state index contributed by atoms with van der Waals surface area (Å²) in [7, 11) is -3.44. The molecule has 0 aromatic heterocycles. The third-order valence-corrected chi connectivity index (χ3v) is 2.60. The third-order valence-electron chi connectivity index (χ3n) is 1.14. The minimum atomic E-state index is -3.44. The molecule has 0 radical (unpaired) electrons. The first-order valence-corrected chi connectivity index (χ1v) is 5.71. The van der Waals surface area contributed by atoms with E-state index in [2.05, 4.69) is 0 Å². The molecule has 0 aliphatic carbocycles. The Morgan fingerprint density at radius 3 is 1.69 bits per heavy atom. The molecule has 0 aromatic rings. The summed E-state index contributed by atoms with van der Waals surface area (Å²) in [6.45, 7) is 0. The van der Waals surface area contributed by atoms with E-state index in [0.717, 1.165) is 0 Å². The molecule has 0 fully saturated rings. The van der Waals surface area contributed by atoms with E-state index < -0.39 is 8.56 Å². The van der Waals surface area contributed by atoms with Crippen LogP contribution >= 0.6 is 0 Å². The lowest BCUT2D eigenvalue weighted by atomic mass is 10.5. The Hall–Kier alpha value is -1.40. The van der Waals surface area contributed by atoms with Crippen LogP contribution in [0.2, 0.25) is 0 Å². The van der Waals surface area contributed by atoms with Gasteiger partial charge in [0.05, 0.1) is 25.0 Å². The average Bonchev–Trinajstić information content (AvgIpc) is 2.05. The van der Waals surface area contributed by atoms with Crippen molar-refractivity contribution in [1.29, 1.82) is 10.5 Å². The molecule has 0 aliphatic heterocycles. The lowest BCUT2D eigenvalue weighted by Crippen LogP contribution is -2.29. The molecule has 0 heterocycles. The zero-order valence-corrected chi connectivity index (χ0v) is 8.01. The third kappa shape index (κ3) is 6.97. The van der Waals surface area contributed by atoms with Crippen LogP contribution in [0.25, 0.3) is 0 Å². The Morgan fingerprint density at radius 1 is 1.00 bits per heavy atom. The zero-order valence-electron chi connectivity index (χ0n) is 7.01. The van der Waals surface area contributed by atoms with Crippen LogP contribution in [0.1, 0.15) is 12.8 Å². The van der Waals surface area contributed by atoms with Crippen molar-refractivity contribution in [2.24, 2.45) is 0 Å². The normalized spacial score (nSPS) is 11.7. The van der Waals surface area contributed by atoms with Crippen molar-refractivity contribution in [3.8, 4) is 12.1 Å². The number of allylic oxidation sites excluding steroid dienone is 2. The fraction of sp³-hybridized carbons (Fsp3) is 0.250. The number of hydrogen-bond acceptors (Lipinski definition) is 4. The van der Waals surface area contributed by atoms with Gasteiger partial charge in [0.2, 0.25) is 0 Å². The second-order valence-corrected chi connectivity index (χ2v) is 4.55. The molecule has 0 bridgehead atoms. The molecule has 0 amide bonds. The van der Waals surface area contributed by atoms with E-state index in [1.807, 2.05) is 12.1 Å². The van der Waals surface area contributed by atoms with Crippen molar-refractivity contribution < 1.29 is 9.59 Å². The summed E-state index contributed by atoms with van der Waals surface area (Å²) in [6.07, 6.45) is 3.12. The predicted molar refractivity (Wildman–Crippen MR) is 48.9 cm³/mol. The predicted octanol–water partition coefficient (Wildman–Crippen LogP) is 0.431. The van der Waals surface area contributed by atoms with E-state index in [1.165, 1.54) is 23.6 Å². The molecule has 5 heteroatoms. The van der Waals surface area contributed by atoms with E-state index >= 15 is 0 Å². The monoisotopic (exact) mass is 194 g/mol. The van der Waals surface area contributed by atoms with E-state index in [4.69, 9.17) is 10.5 Å². The topological polar surface area (TPSA) is 88.0 Å². The number of rotatable bonds is 4. The van der Waals surface area contributed by atoms with Crippen LogP contribution in [0.4, 0.5) is 0 Å². The van der Waals surface area contributed by atoms with E-state index in [-0.39, 0.29) is 12.8 Å². The number of hydrogen-bond donors (Lipinski definition) is 2. The van der Waals surface area contributed by atoms with E-state index in [0.29, 0.717) is 0 Å². The Balaban J connectivity index is 4.10. The molecule has 0 aliphatic rings. The van der Waals surface area contributed by atoms with Gasteiger partial charge in [0.1, 0.15) is 0 Å². The summed E-state index contributed by atoms with van der Waals surface area (Å²) in [6, 6.07) is 3.69. The van der Waals surface area contributed by atoms with Gasteiger partial charge in [0.25, 0.3) is 0 Å². The molecule has 0 saturated heterocycles. The lowest BCUT2D eigenvalue weighted by molar-refractivity contribution is 0.397. The van der Waals surface area contributed by atoms with Crippen molar-refractivity contribution in [1.82, 2.24) is 0 Å². The largest absolute Gasteiger partial charge is 0.405 e. The van der Waals surface area contributed by atoms with Crippen molar-refractivity contribution in [3.63, 3.8) is 0 Å². The van der Waals surface area contributed by atoms with Gasteiger partial charge in [-0.3, -0.25) is 0 Å². The fourth-order valence-corrected chi connectivity index (χ4v) is 1.67.